The summed E-state index contributed by atoms with van der Waals surface area (Å²) >= 11 is 0. The lowest BCUT2D eigenvalue weighted by molar-refractivity contribution is -0.141. The average molecular weight is 501 g/mol. The number of aromatic nitrogens is 2. The fourth-order valence-corrected chi connectivity index (χ4v) is 4.99. The highest BCUT2D eigenvalue weighted by Crippen LogP contribution is 2.48. The van der Waals surface area contributed by atoms with E-state index in [0.717, 1.165) is 18.0 Å². The third kappa shape index (κ3) is 5.03. The van der Waals surface area contributed by atoms with E-state index in [4.69, 9.17) is 18.5 Å². The van der Waals surface area contributed by atoms with Crippen molar-refractivity contribution in [2.45, 2.75) is 43.7 Å². The number of ether oxygens (including phenoxy) is 2. The molecular weight excluding hydrogens is 479 g/mol. The second kappa shape index (κ2) is 9.51. The molecule has 34 heavy (non-hydrogen) atoms. The van der Waals surface area contributed by atoms with Crippen LogP contribution in [-0.2, 0) is 23.4 Å². The number of carbonyl (C=O) groups excluding carboxylic acids is 1. The molecular formula is C20H22F2N3O8P. The Morgan fingerprint density at radius 3 is 2.71 bits per heavy atom. The molecule has 2 fully saturated rings. The molecule has 14 heteroatoms. The van der Waals surface area contributed by atoms with Gasteiger partial charge in [-0.25, -0.2) is 14.3 Å². The first-order valence-electron chi connectivity index (χ1n) is 10.3. The molecule has 0 bridgehead atoms. The minimum Gasteiger partial charge on any atom is -0.464 e. The quantitative estimate of drug-likeness (QED) is 0.405. The Morgan fingerprint density at radius 1 is 1.32 bits per heavy atom. The number of cyclic esters (lactones) is 1. The molecule has 2 aromatic rings. The molecule has 2 N–H and O–H groups in total. The predicted octanol–water partition coefficient (Wildman–Crippen LogP) is 1.55. The third-order valence-electron chi connectivity index (χ3n) is 5.28. The minimum atomic E-state index is -4.33. The van der Waals surface area contributed by atoms with Crippen molar-refractivity contribution >= 4 is 13.7 Å². The molecule has 1 aromatic heterocycles. The third-order valence-corrected chi connectivity index (χ3v) is 6.84. The molecule has 0 saturated carbocycles. The molecule has 0 amide bonds. The van der Waals surface area contributed by atoms with Gasteiger partial charge in [0.05, 0.1) is 13.2 Å². The number of benzene rings is 1. The van der Waals surface area contributed by atoms with Gasteiger partial charge in [0.15, 0.2) is 6.10 Å². The van der Waals surface area contributed by atoms with Crippen LogP contribution >= 0.6 is 7.75 Å². The topological polar surface area (TPSA) is 138 Å². The number of nitrogens with zero attached hydrogens (tertiary/aromatic N) is 2. The van der Waals surface area contributed by atoms with Crippen LogP contribution in [0.2, 0.25) is 0 Å². The Balaban J connectivity index is 1.52. The van der Waals surface area contributed by atoms with Crippen LogP contribution in [0.1, 0.15) is 18.2 Å². The highest BCUT2D eigenvalue weighted by molar-refractivity contribution is 7.52. The summed E-state index contributed by atoms with van der Waals surface area (Å²) in [6.45, 7) is 1.12. The number of aliphatic hydroxyl groups excluding tert-OH is 1. The van der Waals surface area contributed by atoms with Crippen molar-refractivity contribution in [3.63, 3.8) is 0 Å². The van der Waals surface area contributed by atoms with Crippen molar-refractivity contribution in [1.82, 2.24) is 14.6 Å². The van der Waals surface area contributed by atoms with E-state index < -0.39 is 56.4 Å². The Hall–Kier alpha value is -2.70. The molecule has 11 nitrogen and oxygen atoms in total. The largest absolute Gasteiger partial charge is 0.464 e. The summed E-state index contributed by atoms with van der Waals surface area (Å²) in [6, 6.07) is 6.65. The molecule has 0 aliphatic carbocycles. The fraction of sp³-hybridized carbons (Fsp3) is 0.450. The molecule has 3 unspecified atom stereocenters. The lowest BCUT2D eigenvalue weighted by atomic mass is 10.1. The van der Waals surface area contributed by atoms with Gasteiger partial charge in [-0.2, -0.15) is 13.9 Å². The van der Waals surface area contributed by atoms with E-state index in [2.05, 4.69) is 10.1 Å². The van der Waals surface area contributed by atoms with Gasteiger partial charge in [0.1, 0.15) is 17.9 Å². The highest BCUT2D eigenvalue weighted by Gasteiger charge is 2.60. The summed E-state index contributed by atoms with van der Waals surface area (Å²) in [7, 11) is -4.33. The zero-order valence-corrected chi connectivity index (χ0v) is 18.8. The second-order valence-electron chi connectivity index (χ2n) is 7.79. The van der Waals surface area contributed by atoms with Crippen LogP contribution < -0.4 is 15.3 Å². The maximum atomic E-state index is 14.7. The zero-order valence-electron chi connectivity index (χ0n) is 17.9. The Labute approximate surface area is 192 Å². The van der Waals surface area contributed by atoms with E-state index in [1.54, 1.807) is 12.1 Å². The van der Waals surface area contributed by atoms with Crippen molar-refractivity contribution in [3.8, 4) is 5.75 Å². The highest BCUT2D eigenvalue weighted by atomic mass is 31.2. The molecule has 2 aliphatic rings. The lowest BCUT2D eigenvalue weighted by Crippen LogP contribution is -2.42. The summed E-state index contributed by atoms with van der Waals surface area (Å²) in [6.07, 6.45) is -3.87. The summed E-state index contributed by atoms with van der Waals surface area (Å²) in [5, 5.41) is 12.6. The molecule has 184 valence electrons. The van der Waals surface area contributed by atoms with Crippen molar-refractivity contribution < 1.29 is 41.8 Å². The summed E-state index contributed by atoms with van der Waals surface area (Å²) in [4.78, 5) is 27.1. The van der Waals surface area contributed by atoms with Gasteiger partial charge in [0.25, 0.3) is 0 Å². The van der Waals surface area contributed by atoms with Crippen LogP contribution in [0, 0.1) is 6.92 Å². The maximum Gasteiger partial charge on any atom is 0.459 e. The molecule has 5 atom stereocenters. The van der Waals surface area contributed by atoms with Gasteiger partial charge in [-0.1, -0.05) is 17.7 Å². The van der Waals surface area contributed by atoms with Gasteiger partial charge in [-0.05, 0) is 25.1 Å². The first-order valence-corrected chi connectivity index (χ1v) is 11.8. The van der Waals surface area contributed by atoms with E-state index >= 15 is 0 Å². The molecule has 3 heterocycles. The Morgan fingerprint density at radius 2 is 2.06 bits per heavy atom. The van der Waals surface area contributed by atoms with Crippen LogP contribution in [0.15, 0.2) is 47.5 Å². The zero-order chi connectivity index (χ0) is 24.5. The average Bonchev–Trinajstić information content (AvgIpc) is 3.29. The van der Waals surface area contributed by atoms with E-state index in [-0.39, 0.29) is 18.8 Å². The van der Waals surface area contributed by atoms with Crippen LogP contribution in [0.5, 0.6) is 5.75 Å². The Kier molecular flexibility index (Phi) is 6.83. The fourth-order valence-electron chi connectivity index (χ4n) is 3.46. The number of hydrogen-bond acceptors (Lipinski definition) is 9. The van der Waals surface area contributed by atoms with E-state index in [9.17, 15) is 28.0 Å². The number of aryl methyl sites for hydroxylation is 1. The maximum absolute atomic E-state index is 14.7. The van der Waals surface area contributed by atoms with Crippen LogP contribution in [-0.4, -0.2) is 58.0 Å². The number of halogens is 2. The molecule has 2 saturated heterocycles. The Bertz CT molecular complexity index is 1150. The number of esters is 1. The number of hydrogen-bond donors (Lipinski definition) is 2. The number of aliphatic hydroxyl groups is 1. The number of rotatable bonds is 8. The van der Waals surface area contributed by atoms with E-state index in [0.29, 0.717) is 4.57 Å². The normalized spacial score (nSPS) is 27.8. The van der Waals surface area contributed by atoms with Crippen LogP contribution in [0.4, 0.5) is 8.78 Å². The van der Waals surface area contributed by atoms with Gasteiger partial charge in [0, 0.05) is 18.8 Å². The summed E-state index contributed by atoms with van der Waals surface area (Å²) in [5.41, 5.74) is -0.104. The standard InChI is InChI=1S/C20H22F2N3O8P/c1-12-3-5-13(6-4-12)33-34(29,24-14-7-10-30-17(14)27)31-11-15-16(26)20(21,22)18(32-15)25-9-2-8-23-19(25)28/h2-6,8-9,14-16,18,26H,7,10-11H2,1H3,(H,24,29)/t14-,15?,16+,18?,34?/m0/s1. The van der Waals surface area contributed by atoms with Gasteiger partial charge in [-0.15, -0.1) is 0 Å². The second-order valence-corrected chi connectivity index (χ2v) is 9.49. The molecule has 0 spiro atoms. The minimum absolute atomic E-state index is 0.0965. The first-order chi connectivity index (χ1) is 16.1. The molecule has 2 aliphatic heterocycles. The molecule has 1 aromatic carbocycles. The van der Waals surface area contributed by atoms with Gasteiger partial charge in [-0.3, -0.25) is 13.9 Å². The van der Waals surface area contributed by atoms with E-state index in [1.807, 2.05) is 6.92 Å². The van der Waals surface area contributed by atoms with Gasteiger partial charge >= 0.3 is 25.3 Å². The van der Waals surface area contributed by atoms with Gasteiger partial charge in [0.2, 0.25) is 6.23 Å². The van der Waals surface area contributed by atoms with Crippen molar-refractivity contribution in [2.75, 3.05) is 13.2 Å². The van der Waals surface area contributed by atoms with Gasteiger partial charge < -0.3 is 19.1 Å². The smallest absolute Gasteiger partial charge is 0.459 e. The SMILES string of the molecule is Cc1ccc(OP(=O)(N[C@H]2CCOC2=O)OCC2OC(n3cccnc3=O)C(F)(F)[C@@H]2O)cc1. The monoisotopic (exact) mass is 501 g/mol. The van der Waals surface area contributed by atoms with E-state index in [1.165, 1.54) is 18.2 Å². The van der Waals surface area contributed by atoms with Crippen LogP contribution in [0.3, 0.4) is 0 Å². The van der Waals surface area contributed by atoms with Crippen molar-refractivity contribution in [3.05, 3.63) is 58.8 Å². The van der Waals surface area contributed by atoms with Crippen molar-refractivity contribution in [2.24, 2.45) is 0 Å². The number of alkyl halides is 2. The lowest BCUT2D eigenvalue weighted by Gasteiger charge is -2.24. The first kappa shape index (κ1) is 24.4. The number of nitrogens with one attached hydrogen (secondary N) is 1. The number of carbonyl (C=O) groups is 1. The molecule has 0 radical (unpaired) electrons. The van der Waals surface area contributed by atoms with Crippen molar-refractivity contribution in [1.29, 1.82) is 0 Å². The van der Waals surface area contributed by atoms with Crippen LogP contribution in [0.25, 0.3) is 0 Å². The summed E-state index contributed by atoms with van der Waals surface area (Å²) in [5.74, 6) is -4.42. The summed E-state index contributed by atoms with van der Waals surface area (Å²) < 4.78 is 64.2. The predicted molar refractivity (Wildman–Crippen MR) is 111 cm³/mol. The molecule has 4 rings (SSSR count).